The van der Waals surface area contributed by atoms with Crippen LogP contribution in [0.4, 0.5) is 0 Å². The number of rotatable bonds is 10. The first kappa shape index (κ1) is 26.3. The van der Waals surface area contributed by atoms with Crippen LogP contribution in [0.15, 0.2) is 47.5 Å². The Balaban J connectivity index is 0.00000363. The van der Waals surface area contributed by atoms with Crippen molar-refractivity contribution in [2.75, 3.05) is 40.0 Å². The molecule has 7 heteroatoms. The molecule has 1 heterocycles. The first-order valence-electron chi connectivity index (χ1n) is 11.1. The summed E-state index contributed by atoms with van der Waals surface area (Å²) in [6, 6.07) is 14.6. The second-order valence-electron chi connectivity index (χ2n) is 7.83. The first-order chi connectivity index (χ1) is 15.2. The molecule has 2 N–H and O–H groups in total. The molecule has 1 unspecified atom stereocenters. The predicted molar refractivity (Wildman–Crippen MR) is 141 cm³/mol. The summed E-state index contributed by atoms with van der Waals surface area (Å²) < 4.78 is 17.2. The topological polar surface area (TPSA) is 64.1 Å². The smallest absolute Gasteiger partial charge is 0.191 e. The van der Waals surface area contributed by atoms with Crippen molar-refractivity contribution in [3.05, 3.63) is 59.2 Å². The van der Waals surface area contributed by atoms with Gasteiger partial charge in [-0.3, -0.25) is 4.99 Å². The van der Waals surface area contributed by atoms with Crippen LogP contribution in [0.5, 0.6) is 11.5 Å². The Kier molecular flexibility index (Phi) is 11.7. The van der Waals surface area contributed by atoms with Gasteiger partial charge in [0.2, 0.25) is 0 Å². The van der Waals surface area contributed by atoms with Crippen molar-refractivity contribution >= 4 is 29.9 Å². The lowest BCUT2D eigenvalue weighted by Gasteiger charge is -2.17. The fourth-order valence-corrected chi connectivity index (χ4v) is 3.55. The standard InChI is InChI=1S/C25H35N3O3.HI/c1-4-30-23-7-5-6-20(15-23)10-12-27-25(26-3)28-16-22-9-8-19(2)14-24(22)31-18-21-11-13-29-17-21;/h5-9,14-15,21H,4,10-13,16-18H2,1-3H3,(H2,26,27,28);1H. The van der Waals surface area contributed by atoms with Crippen LogP contribution in [0, 0.1) is 12.8 Å². The van der Waals surface area contributed by atoms with E-state index in [2.05, 4.69) is 52.9 Å². The maximum Gasteiger partial charge on any atom is 0.191 e. The van der Waals surface area contributed by atoms with E-state index in [1.165, 1.54) is 11.1 Å². The van der Waals surface area contributed by atoms with E-state index in [1.54, 1.807) is 7.05 Å². The second-order valence-corrected chi connectivity index (χ2v) is 7.83. The molecular weight excluding hydrogens is 517 g/mol. The van der Waals surface area contributed by atoms with Crippen LogP contribution < -0.4 is 20.1 Å². The summed E-state index contributed by atoms with van der Waals surface area (Å²) in [6.45, 7) is 8.53. The molecule has 0 aromatic heterocycles. The maximum absolute atomic E-state index is 6.15. The third-order valence-electron chi connectivity index (χ3n) is 5.31. The molecule has 0 radical (unpaired) electrons. The minimum absolute atomic E-state index is 0. The number of nitrogens with zero attached hydrogens (tertiary/aromatic N) is 1. The van der Waals surface area contributed by atoms with Gasteiger partial charge in [0.15, 0.2) is 5.96 Å². The molecular formula is C25H36IN3O3. The van der Waals surface area contributed by atoms with Crippen molar-refractivity contribution in [2.45, 2.75) is 33.2 Å². The highest BCUT2D eigenvalue weighted by atomic mass is 127. The van der Waals surface area contributed by atoms with Gasteiger partial charge in [-0.2, -0.15) is 0 Å². The van der Waals surface area contributed by atoms with Gasteiger partial charge < -0.3 is 24.8 Å². The zero-order chi connectivity index (χ0) is 21.9. The summed E-state index contributed by atoms with van der Waals surface area (Å²) >= 11 is 0. The monoisotopic (exact) mass is 553 g/mol. The van der Waals surface area contributed by atoms with Crippen molar-refractivity contribution in [1.29, 1.82) is 0 Å². The Morgan fingerprint density at radius 1 is 1.16 bits per heavy atom. The number of benzene rings is 2. The van der Waals surface area contributed by atoms with E-state index in [0.29, 0.717) is 25.7 Å². The van der Waals surface area contributed by atoms with Crippen LogP contribution in [-0.2, 0) is 17.7 Å². The fourth-order valence-electron chi connectivity index (χ4n) is 3.55. The van der Waals surface area contributed by atoms with Crippen LogP contribution in [0.3, 0.4) is 0 Å². The van der Waals surface area contributed by atoms with Gasteiger partial charge in [0.05, 0.1) is 19.8 Å². The van der Waals surface area contributed by atoms with Crippen LogP contribution in [0.1, 0.15) is 30.0 Å². The largest absolute Gasteiger partial charge is 0.494 e. The molecule has 2 aromatic rings. The quantitative estimate of drug-likeness (QED) is 0.261. The number of nitrogens with one attached hydrogen (secondary N) is 2. The third-order valence-corrected chi connectivity index (χ3v) is 5.31. The molecule has 0 saturated carbocycles. The van der Waals surface area contributed by atoms with Gasteiger partial charge >= 0.3 is 0 Å². The Labute approximate surface area is 209 Å². The zero-order valence-electron chi connectivity index (χ0n) is 19.4. The summed E-state index contributed by atoms with van der Waals surface area (Å²) in [5.41, 5.74) is 3.55. The van der Waals surface area contributed by atoms with Crippen molar-refractivity contribution in [2.24, 2.45) is 10.9 Å². The van der Waals surface area contributed by atoms with E-state index < -0.39 is 0 Å². The summed E-state index contributed by atoms with van der Waals surface area (Å²) in [5.74, 6) is 3.11. The van der Waals surface area contributed by atoms with Crippen molar-refractivity contribution in [1.82, 2.24) is 10.6 Å². The molecule has 0 bridgehead atoms. The molecule has 6 nitrogen and oxygen atoms in total. The highest BCUT2D eigenvalue weighted by Gasteiger charge is 2.17. The summed E-state index contributed by atoms with van der Waals surface area (Å²) in [4.78, 5) is 4.35. The number of halogens is 1. The van der Waals surface area contributed by atoms with Gasteiger partial charge in [-0.15, -0.1) is 24.0 Å². The Morgan fingerprint density at radius 3 is 2.78 bits per heavy atom. The molecule has 1 fully saturated rings. The van der Waals surface area contributed by atoms with E-state index >= 15 is 0 Å². The van der Waals surface area contributed by atoms with Crippen LogP contribution in [-0.4, -0.2) is 46.0 Å². The molecule has 1 aliphatic rings. The maximum atomic E-state index is 6.15. The lowest BCUT2D eigenvalue weighted by molar-refractivity contribution is 0.166. The zero-order valence-corrected chi connectivity index (χ0v) is 21.7. The minimum Gasteiger partial charge on any atom is -0.494 e. The van der Waals surface area contributed by atoms with Crippen LogP contribution in [0.25, 0.3) is 0 Å². The Morgan fingerprint density at radius 2 is 2.03 bits per heavy atom. The highest BCUT2D eigenvalue weighted by molar-refractivity contribution is 14.0. The Hall–Kier alpha value is -2.00. The van der Waals surface area contributed by atoms with Crippen LogP contribution >= 0.6 is 24.0 Å². The average Bonchev–Trinajstić information content (AvgIpc) is 3.30. The average molecular weight is 553 g/mol. The first-order valence-corrected chi connectivity index (χ1v) is 11.1. The van der Waals surface area contributed by atoms with E-state index in [4.69, 9.17) is 14.2 Å². The summed E-state index contributed by atoms with van der Waals surface area (Å²) in [7, 11) is 1.79. The minimum atomic E-state index is 0. The predicted octanol–water partition coefficient (Wildman–Crippen LogP) is 4.33. The lowest BCUT2D eigenvalue weighted by Crippen LogP contribution is -2.38. The molecule has 0 aliphatic carbocycles. The normalized spacial score (nSPS) is 15.7. The summed E-state index contributed by atoms with van der Waals surface area (Å²) in [5, 5.41) is 6.79. The molecule has 1 atom stereocenters. The molecule has 1 aliphatic heterocycles. The molecule has 0 amide bonds. The van der Waals surface area contributed by atoms with Gasteiger partial charge in [-0.05, 0) is 56.0 Å². The van der Waals surface area contributed by atoms with Crippen molar-refractivity contribution in [3.63, 3.8) is 0 Å². The lowest BCUT2D eigenvalue weighted by atomic mass is 10.1. The van der Waals surface area contributed by atoms with Gasteiger partial charge in [-0.25, -0.2) is 0 Å². The SMILES string of the molecule is CCOc1cccc(CCNC(=NC)NCc2ccc(C)cc2OCC2CCOC2)c1.I. The highest BCUT2D eigenvalue weighted by Crippen LogP contribution is 2.22. The van der Waals surface area contributed by atoms with Gasteiger partial charge in [0.25, 0.3) is 0 Å². The van der Waals surface area contributed by atoms with E-state index in [9.17, 15) is 0 Å². The number of guanidine groups is 1. The summed E-state index contributed by atoms with van der Waals surface area (Å²) in [6.07, 6.45) is 1.97. The van der Waals surface area contributed by atoms with Gasteiger partial charge in [-0.1, -0.05) is 24.3 Å². The third kappa shape index (κ3) is 8.50. The number of ether oxygens (including phenoxy) is 3. The van der Waals surface area contributed by atoms with Crippen molar-refractivity contribution in [3.8, 4) is 11.5 Å². The number of aliphatic imine (C=N–C) groups is 1. The molecule has 3 rings (SSSR count). The van der Waals surface area contributed by atoms with E-state index in [1.807, 2.05) is 19.1 Å². The van der Waals surface area contributed by atoms with Gasteiger partial charge in [0.1, 0.15) is 11.5 Å². The van der Waals surface area contributed by atoms with E-state index in [-0.39, 0.29) is 24.0 Å². The van der Waals surface area contributed by atoms with Crippen LogP contribution in [0.2, 0.25) is 0 Å². The number of hydrogen-bond acceptors (Lipinski definition) is 4. The second kappa shape index (κ2) is 14.2. The molecule has 2 aromatic carbocycles. The van der Waals surface area contributed by atoms with Gasteiger partial charge in [0, 0.05) is 38.2 Å². The van der Waals surface area contributed by atoms with E-state index in [0.717, 1.165) is 55.6 Å². The molecule has 0 spiro atoms. The number of hydrogen-bond donors (Lipinski definition) is 2. The Bertz CT molecular complexity index is 854. The fraction of sp³-hybridized carbons (Fsp3) is 0.480. The van der Waals surface area contributed by atoms with Crippen molar-refractivity contribution < 1.29 is 14.2 Å². The molecule has 32 heavy (non-hydrogen) atoms. The molecule has 1 saturated heterocycles. The molecule has 176 valence electrons. The number of aryl methyl sites for hydroxylation is 1.